The minimum Gasteiger partial charge on any atom is -0.392 e. The van der Waals surface area contributed by atoms with Crippen LogP contribution < -0.4 is 5.73 Å². The van der Waals surface area contributed by atoms with E-state index >= 15 is 0 Å². The lowest BCUT2D eigenvalue weighted by atomic mass is 10.3. The van der Waals surface area contributed by atoms with Crippen LogP contribution in [-0.2, 0) is 0 Å². The van der Waals surface area contributed by atoms with Crippen molar-refractivity contribution >= 4 is 39.3 Å². The fourth-order valence-corrected chi connectivity index (χ4v) is 3.03. The molecule has 3 N–H and O–H groups in total. The molecule has 16 heavy (non-hydrogen) atoms. The number of nitrogens with two attached hydrogens (primary N) is 1. The van der Waals surface area contributed by atoms with E-state index in [1.54, 1.807) is 18.3 Å². The molecule has 0 aliphatic carbocycles. The molecule has 0 saturated heterocycles. The van der Waals surface area contributed by atoms with Gasteiger partial charge in [0.1, 0.15) is 9.86 Å². The van der Waals surface area contributed by atoms with Crippen LogP contribution in [0.5, 0.6) is 0 Å². The summed E-state index contributed by atoms with van der Waals surface area (Å²) in [6.45, 7) is 3.73. The van der Waals surface area contributed by atoms with E-state index in [4.69, 9.17) is 5.73 Å². The molecule has 2 rings (SSSR count). The van der Waals surface area contributed by atoms with E-state index in [-0.39, 0.29) is 17.3 Å². The first-order valence-electron chi connectivity index (χ1n) is 4.93. The number of nitrogens with zero attached hydrogens (tertiary/aromatic N) is 2. The maximum absolute atomic E-state index is 9.48. The molecule has 0 saturated carbocycles. The van der Waals surface area contributed by atoms with E-state index in [0.717, 1.165) is 15.2 Å². The molecular formula is C10H13N3OS2. The van der Waals surface area contributed by atoms with Gasteiger partial charge in [0.15, 0.2) is 0 Å². The third-order valence-corrected chi connectivity index (χ3v) is 4.39. The Kier molecular flexibility index (Phi) is 3.32. The van der Waals surface area contributed by atoms with Crippen molar-refractivity contribution in [2.45, 2.75) is 30.2 Å². The van der Waals surface area contributed by atoms with Crippen LogP contribution in [0.2, 0.25) is 0 Å². The average Bonchev–Trinajstić information content (AvgIpc) is 2.65. The van der Waals surface area contributed by atoms with Crippen molar-refractivity contribution in [1.82, 2.24) is 9.97 Å². The number of thiophene rings is 1. The molecule has 2 heterocycles. The monoisotopic (exact) mass is 255 g/mol. The molecule has 4 nitrogen and oxygen atoms in total. The van der Waals surface area contributed by atoms with Crippen molar-refractivity contribution in [3.63, 3.8) is 0 Å². The number of rotatable bonds is 3. The van der Waals surface area contributed by atoms with Crippen molar-refractivity contribution < 1.29 is 5.11 Å². The van der Waals surface area contributed by atoms with Crippen molar-refractivity contribution in [2.75, 3.05) is 5.73 Å². The summed E-state index contributed by atoms with van der Waals surface area (Å²) in [7, 11) is 0. The van der Waals surface area contributed by atoms with Crippen LogP contribution in [0.4, 0.5) is 5.95 Å². The second-order valence-electron chi connectivity index (χ2n) is 3.59. The minimum absolute atomic E-state index is 0.0809. The molecule has 86 valence electrons. The summed E-state index contributed by atoms with van der Waals surface area (Å²) in [5.74, 6) is 0.287. The van der Waals surface area contributed by atoms with Crippen molar-refractivity contribution in [2.24, 2.45) is 0 Å². The van der Waals surface area contributed by atoms with Gasteiger partial charge in [0.25, 0.3) is 0 Å². The summed E-state index contributed by atoms with van der Waals surface area (Å²) >= 11 is 3.07. The summed E-state index contributed by atoms with van der Waals surface area (Å²) in [5.41, 5.74) is 5.64. The van der Waals surface area contributed by atoms with Gasteiger partial charge in [0.2, 0.25) is 5.95 Å². The highest BCUT2D eigenvalue weighted by Gasteiger charge is 2.15. The predicted octanol–water partition coefficient (Wildman–Crippen LogP) is 2.13. The van der Waals surface area contributed by atoms with Crippen LogP contribution in [-0.4, -0.2) is 26.4 Å². The topological polar surface area (TPSA) is 72.0 Å². The standard InChI is InChI=1S/C10H13N3OS2/c1-5(14)6(2)16-9-7-3-4-15-8(7)12-10(11)13-9/h3-6,14H,1-2H3,(H2,11,12,13). The smallest absolute Gasteiger partial charge is 0.222 e. The number of thioether (sulfide) groups is 1. The van der Waals surface area contributed by atoms with E-state index in [0.29, 0.717) is 0 Å². The molecular weight excluding hydrogens is 242 g/mol. The number of aromatic nitrogens is 2. The number of fused-ring (bicyclic) bond motifs is 1. The number of hydrogen-bond acceptors (Lipinski definition) is 6. The number of aliphatic hydroxyl groups excluding tert-OH is 1. The van der Waals surface area contributed by atoms with Gasteiger partial charge in [0, 0.05) is 10.6 Å². The molecule has 2 unspecified atom stereocenters. The second kappa shape index (κ2) is 4.57. The Morgan fingerprint density at radius 3 is 2.88 bits per heavy atom. The van der Waals surface area contributed by atoms with E-state index in [1.807, 2.05) is 18.4 Å². The summed E-state index contributed by atoms with van der Waals surface area (Å²) in [6, 6.07) is 1.98. The van der Waals surface area contributed by atoms with Gasteiger partial charge in [-0.05, 0) is 18.4 Å². The highest BCUT2D eigenvalue weighted by Crippen LogP contribution is 2.32. The normalized spacial score (nSPS) is 15.2. The summed E-state index contributed by atoms with van der Waals surface area (Å²) < 4.78 is 0. The van der Waals surface area contributed by atoms with Crippen LogP contribution in [0.15, 0.2) is 16.5 Å². The molecule has 6 heteroatoms. The highest BCUT2D eigenvalue weighted by atomic mass is 32.2. The molecule has 0 aromatic carbocycles. The quantitative estimate of drug-likeness (QED) is 0.649. The lowest BCUT2D eigenvalue weighted by molar-refractivity contribution is 0.196. The third-order valence-electron chi connectivity index (χ3n) is 2.28. The average molecular weight is 255 g/mol. The molecule has 0 amide bonds. The number of hydrogen-bond donors (Lipinski definition) is 2. The lowest BCUT2D eigenvalue weighted by Gasteiger charge is -2.13. The first-order valence-corrected chi connectivity index (χ1v) is 6.69. The van der Waals surface area contributed by atoms with Gasteiger partial charge < -0.3 is 10.8 Å². The summed E-state index contributed by atoms with van der Waals surface area (Å²) in [6.07, 6.45) is -0.380. The largest absolute Gasteiger partial charge is 0.392 e. The maximum atomic E-state index is 9.48. The van der Waals surface area contributed by atoms with Crippen LogP contribution >= 0.6 is 23.1 Å². The van der Waals surface area contributed by atoms with Gasteiger partial charge in [-0.2, -0.15) is 0 Å². The first kappa shape index (κ1) is 11.6. The zero-order chi connectivity index (χ0) is 11.7. The fourth-order valence-electron chi connectivity index (χ4n) is 1.21. The first-order chi connectivity index (χ1) is 7.58. The van der Waals surface area contributed by atoms with E-state index in [1.165, 1.54) is 11.8 Å². The van der Waals surface area contributed by atoms with Crippen molar-refractivity contribution in [1.29, 1.82) is 0 Å². The molecule has 0 spiro atoms. The van der Waals surface area contributed by atoms with E-state index in [9.17, 15) is 5.11 Å². The van der Waals surface area contributed by atoms with Crippen LogP contribution in [0, 0.1) is 0 Å². The Bertz CT molecular complexity index is 498. The van der Waals surface area contributed by atoms with Gasteiger partial charge in [-0.15, -0.1) is 11.3 Å². The van der Waals surface area contributed by atoms with Crippen LogP contribution in [0.1, 0.15) is 13.8 Å². The molecule has 2 atom stereocenters. The lowest BCUT2D eigenvalue weighted by Crippen LogP contribution is -2.15. The van der Waals surface area contributed by atoms with E-state index in [2.05, 4.69) is 9.97 Å². The number of aliphatic hydroxyl groups is 1. The minimum atomic E-state index is -0.380. The third kappa shape index (κ3) is 2.28. The molecule has 0 aliphatic heterocycles. The zero-order valence-electron chi connectivity index (χ0n) is 9.04. The van der Waals surface area contributed by atoms with Gasteiger partial charge in [-0.1, -0.05) is 18.7 Å². The summed E-state index contributed by atoms with van der Waals surface area (Å²) in [4.78, 5) is 9.28. The Morgan fingerprint density at radius 1 is 1.44 bits per heavy atom. The SMILES string of the molecule is CC(O)C(C)Sc1nc(N)nc2sccc12. The second-order valence-corrected chi connectivity index (χ2v) is 5.85. The highest BCUT2D eigenvalue weighted by molar-refractivity contribution is 8.00. The Hall–Kier alpha value is -0.850. The molecule has 0 aliphatic rings. The Morgan fingerprint density at radius 2 is 2.19 bits per heavy atom. The number of anilines is 1. The molecule has 0 bridgehead atoms. The molecule has 2 aromatic heterocycles. The van der Waals surface area contributed by atoms with Gasteiger partial charge in [-0.3, -0.25) is 0 Å². The Balaban J connectivity index is 2.39. The van der Waals surface area contributed by atoms with Gasteiger partial charge in [-0.25, -0.2) is 9.97 Å². The van der Waals surface area contributed by atoms with Crippen LogP contribution in [0.25, 0.3) is 10.2 Å². The summed E-state index contributed by atoms with van der Waals surface area (Å²) in [5, 5.41) is 13.4. The Labute approximate surface area is 102 Å². The zero-order valence-corrected chi connectivity index (χ0v) is 10.7. The van der Waals surface area contributed by atoms with E-state index < -0.39 is 0 Å². The molecule has 0 radical (unpaired) electrons. The van der Waals surface area contributed by atoms with Crippen LogP contribution in [0.3, 0.4) is 0 Å². The van der Waals surface area contributed by atoms with Gasteiger partial charge >= 0.3 is 0 Å². The molecule has 0 fully saturated rings. The number of nitrogen functional groups attached to an aromatic ring is 1. The van der Waals surface area contributed by atoms with Gasteiger partial charge in [0.05, 0.1) is 6.10 Å². The maximum Gasteiger partial charge on any atom is 0.222 e. The predicted molar refractivity (Wildman–Crippen MR) is 68.8 cm³/mol. The fraction of sp³-hybridized carbons (Fsp3) is 0.400. The molecule has 2 aromatic rings. The van der Waals surface area contributed by atoms with Crippen molar-refractivity contribution in [3.8, 4) is 0 Å². The van der Waals surface area contributed by atoms with Crippen molar-refractivity contribution in [3.05, 3.63) is 11.4 Å².